The highest BCUT2D eigenvalue weighted by atomic mass is 19.1. The minimum absolute atomic E-state index is 0.0705. The van der Waals surface area contributed by atoms with Crippen LogP contribution in [0.15, 0.2) is 54.7 Å². The molecule has 0 spiro atoms. The van der Waals surface area contributed by atoms with Gasteiger partial charge in [0.15, 0.2) is 17.9 Å². The lowest BCUT2D eigenvalue weighted by Gasteiger charge is -2.10. The number of nitrogens with zero attached hydrogens (tertiary/aromatic N) is 1. The monoisotopic (exact) mass is 267 g/mol. The first-order valence-corrected chi connectivity index (χ1v) is 6.05. The molecule has 4 heteroatoms. The molecular weight excluding hydrogens is 257 g/mol. The highest BCUT2D eigenvalue weighted by Crippen LogP contribution is 2.32. The van der Waals surface area contributed by atoms with E-state index in [-0.39, 0.29) is 11.3 Å². The van der Waals surface area contributed by atoms with Crippen LogP contribution in [0.1, 0.15) is 10.4 Å². The number of hydrogen-bond donors (Lipinski definition) is 0. The van der Waals surface area contributed by atoms with Gasteiger partial charge in [0.2, 0.25) is 0 Å². The van der Waals surface area contributed by atoms with Crippen molar-refractivity contribution in [2.45, 2.75) is 0 Å². The van der Waals surface area contributed by atoms with Gasteiger partial charge in [-0.25, -0.2) is 4.39 Å². The van der Waals surface area contributed by atoms with E-state index in [0.717, 1.165) is 10.9 Å². The van der Waals surface area contributed by atoms with E-state index in [1.165, 1.54) is 18.2 Å². The van der Waals surface area contributed by atoms with Crippen LogP contribution in [0.3, 0.4) is 0 Å². The summed E-state index contributed by atoms with van der Waals surface area (Å²) < 4.78 is 19.4. The molecule has 3 nitrogen and oxygen atoms in total. The molecule has 0 radical (unpaired) electrons. The summed E-state index contributed by atoms with van der Waals surface area (Å²) in [6.07, 6.45) is 2.24. The summed E-state index contributed by atoms with van der Waals surface area (Å²) in [5.41, 5.74) is 0.917. The zero-order valence-electron chi connectivity index (χ0n) is 10.4. The van der Waals surface area contributed by atoms with E-state index in [0.29, 0.717) is 12.0 Å². The number of aldehydes is 1. The maximum atomic E-state index is 13.8. The quantitative estimate of drug-likeness (QED) is 0.674. The summed E-state index contributed by atoms with van der Waals surface area (Å²) in [5.74, 6) is -0.182. The Labute approximate surface area is 114 Å². The molecule has 0 fully saturated rings. The highest BCUT2D eigenvalue weighted by molar-refractivity contribution is 5.86. The largest absolute Gasteiger partial charge is 0.453 e. The average molecular weight is 267 g/mol. The molecule has 0 aliphatic carbocycles. The molecule has 0 saturated heterocycles. The number of rotatable bonds is 3. The minimum Gasteiger partial charge on any atom is -0.453 e. The average Bonchev–Trinajstić information content (AvgIpc) is 2.49. The van der Waals surface area contributed by atoms with Crippen LogP contribution in [0.25, 0.3) is 10.9 Å². The molecule has 0 atom stereocenters. The van der Waals surface area contributed by atoms with E-state index in [1.54, 1.807) is 24.4 Å². The Kier molecular flexibility index (Phi) is 3.13. The van der Waals surface area contributed by atoms with Crippen molar-refractivity contribution in [1.82, 2.24) is 4.98 Å². The fourth-order valence-corrected chi connectivity index (χ4v) is 2.00. The summed E-state index contributed by atoms with van der Waals surface area (Å²) >= 11 is 0. The van der Waals surface area contributed by atoms with E-state index in [4.69, 9.17) is 4.74 Å². The van der Waals surface area contributed by atoms with Gasteiger partial charge in [0.1, 0.15) is 5.75 Å². The van der Waals surface area contributed by atoms with Crippen LogP contribution in [-0.2, 0) is 0 Å². The van der Waals surface area contributed by atoms with Gasteiger partial charge in [-0.2, -0.15) is 0 Å². The highest BCUT2D eigenvalue weighted by Gasteiger charge is 2.12. The number of carbonyl (C=O) groups excluding carboxylic acids is 1. The fraction of sp³-hybridized carbons (Fsp3) is 0. The number of ether oxygens (including phenoxy) is 1. The zero-order valence-corrected chi connectivity index (χ0v) is 10.4. The molecule has 1 heterocycles. The van der Waals surface area contributed by atoms with E-state index < -0.39 is 5.82 Å². The number of pyridine rings is 1. The molecule has 3 aromatic rings. The Balaban J connectivity index is 2.13. The van der Waals surface area contributed by atoms with Crippen molar-refractivity contribution in [2.75, 3.05) is 0 Å². The van der Waals surface area contributed by atoms with Crippen LogP contribution < -0.4 is 4.74 Å². The van der Waals surface area contributed by atoms with Crippen molar-refractivity contribution >= 4 is 17.2 Å². The van der Waals surface area contributed by atoms with Crippen LogP contribution in [0.2, 0.25) is 0 Å². The first-order valence-electron chi connectivity index (χ1n) is 6.05. The van der Waals surface area contributed by atoms with Gasteiger partial charge in [0.05, 0.1) is 11.1 Å². The lowest BCUT2D eigenvalue weighted by molar-refractivity contribution is 0.112. The predicted octanol–water partition coefficient (Wildman–Crippen LogP) is 3.98. The second-order valence-electron chi connectivity index (χ2n) is 4.20. The maximum absolute atomic E-state index is 13.8. The van der Waals surface area contributed by atoms with Crippen LogP contribution in [0.4, 0.5) is 4.39 Å². The number of benzene rings is 2. The Morgan fingerprint density at radius 2 is 1.90 bits per heavy atom. The Morgan fingerprint density at radius 3 is 2.75 bits per heavy atom. The van der Waals surface area contributed by atoms with Gasteiger partial charge in [-0.15, -0.1) is 0 Å². The van der Waals surface area contributed by atoms with Crippen LogP contribution in [0.5, 0.6) is 11.5 Å². The third-order valence-corrected chi connectivity index (χ3v) is 2.94. The zero-order chi connectivity index (χ0) is 13.9. The molecular formula is C16H10FNO2. The lowest BCUT2D eigenvalue weighted by Crippen LogP contribution is -1.94. The van der Waals surface area contributed by atoms with E-state index in [9.17, 15) is 9.18 Å². The van der Waals surface area contributed by atoms with Gasteiger partial charge in [0, 0.05) is 11.6 Å². The van der Waals surface area contributed by atoms with Gasteiger partial charge < -0.3 is 4.74 Å². The summed E-state index contributed by atoms with van der Waals surface area (Å²) in [7, 11) is 0. The Morgan fingerprint density at radius 1 is 1.05 bits per heavy atom. The molecule has 0 bridgehead atoms. The smallest absolute Gasteiger partial charge is 0.173 e. The molecule has 0 aliphatic heterocycles. The second-order valence-corrected chi connectivity index (χ2v) is 4.20. The first-order chi connectivity index (χ1) is 9.79. The van der Waals surface area contributed by atoms with Crippen molar-refractivity contribution < 1.29 is 13.9 Å². The van der Waals surface area contributed by atoms with E-state index >= 15 is 0 Å². The van der Waals surface area contributed by atoms with Crippen molar-refractivity contribution in [3.05, 3.63) is 66.1 Å². The van der Waals surface area contributed by atoms with Gasteiger partial charge in [-0.3, -0.25) is 9.78 Å². The van der Waals surface area contributed by atoms with E-state index in [2.05, 4.69) is 4.98 Å². The predicted molar refractivity (Wildman–Crippen MR) is 73.6 cm³/mol. The normalized spacial score (nSPS) is 10.4. The number of halogens is 1. The fourth-order valence-electron chi connectivity index (χ4n) is 2.00. The van der Waals surface area contributed by atoms with Crippen molar-refractivity contribution in [3.8, 4) is 11.5 Å². The second kappa shape index (κ2) is 5.09. The van der Waals surface area contributed by atoms with Crippen LogP contribution in [-0.4, -0.2) is 11.3 Å². The molecule has 0 aliphatic rings. The molecule has 98 valence electrons. The molecule has 1 aromatic heterocycles. The summed E-state index contributed by atoms with van der Waals surface area (Å²) in [4.78, 5) is 15.2. The standard InChI is InChI=1S/C16H10FNO2/c17-13-6-1-4-11(10-19)16(13)20-15-8-2-7-14-12(15)5-3-9-18-14/h1-10H. The Hall–Kier alpha value is -2.75. The SMILES string of the molecule is O=Cc1cccc(F)c1Oc1cccc2ncccc12. The number of aromatic nitrogens is 1. The van der Waals surface area contributed by atoms with Gasteiger partial charge >= 0.3 is 0 Å². The van der Waals surface area contributed by atoms with Crippen molar-refractivity contribution in [2.24, 2.45) is 0 Å². The molecule has 0 amide bonds. The first kappa shape index (κ1) is 12.3. The third kappa shape index (κ3) is 2.12. The number of hydrogen-bond acceptors (Lipinski definition) is 3. The van der Waals surface area contributed by atoms with Crippen molar-refractivity contribution in [1.29, 1.82) is 0 Å². The Bertz CT molecular complexity index is 781. The number of para-hydroxylation sites is 1. The lowest BCUT2D eigenvalue weighted by atomic mass is 10.2. The van der Waals surface area contributed by atoms with Crippen LogP contribution in [0, 0.1) is 5.82 Å². The molecule has 2 aromatic carbocycles. The molecule has 0 N–H and O–H groups in total. The van der Waals surface area contributed by atoms with Crippen molar-refractivity contribution in [3.63, 3.8) is 0 Å². The minimum atomic E-state index is -0.574. The summed E-state index contributed by atoms with van der Waals surface area (Å²) in [6, 6.07) is 13.2. The van der Waals surface area contributed by atoms with Gasteiger partial charge in [-0.1, -0.05) is 12.1 Å². The number of fused-ring (bicyclic) bond motifs is 1. The summed E-state index contributed by atoms with van der Waals surface area (Å²) in [5, 5.41) is 0.759. The molecule has 0 unspecified atom stereocenters. The molecule has 0 saturated carbocycles. The maximum Gasteiger partial charge on any atom is 0.173 e. The topological polar surface area (TPSA) is 39.2 Å². The summed E-state index contributed by atoms with van der Waals surface area (Å²) in [6.45, 7) is 0. The molecule has 3 rings (SSSR count). The number of carbonyl (C=O) groups is 1. The van der Waals surface area contributed by atoms with Gasteiger partial charge in [-0.05, 0) is 36.4 Å². The molecule has 20 heavy (non-hydrogen) atoms. The van der Waals surface area contributed by atoms with E-state index in [1.807, 2.05) is 12.1 Å². The van der Waals surface area contributed by atoms with Gasteiger partial charge in [0.25, 0.3) is 0 Å². The van der Waals surface area contributed by atoms with Crippen LogP contribution >= 0.6 is 0 Å². The third-order valence-electron chi connectivity index (χ3n) is 2.94.